The van der Waals surface area contributed by atoms with Crippen LogP contribution in [0, 0.1) is 12.8 Å². The van der Waals surface area contributed by atoms with Gasteiger partial charge in [0, 0.05) is 12.5 Å². The third-order valence-corrected chi connectivity index (χ3v) is 4.21. The molecule has 2 atom stereocenters. The monoisotopic (exact) mass is 303 g/mol. The zero-order chi connectivity index (χ0) is 15.2. The molecular formula is C17H21NO2S. The van der Waals surface area contributed by atoms with Crippen LogP contribution in [0.15, 0.2) is 41.1 Å². The van der Waals surface area contributed by atoms with E-state index in [0.717, 1.165) is 11.1 Å². The molecule has 2 N–H and O–H groups in total. The number of thiophene rings is 1. The molecule has 112 valence electrons. The van der Waals surface area contributed by atoms with E-state index in [1.807, 2.05) is 30.7 Å². The van der Waals surface area contributed by atoms with Gasteiger partial charge in [0.15, 0.2) is 0 Å². The number of aliphatic hydroxyl groups is 1. The van der Waals surface area contributed by atoms with Crippen LogP contribution in [0.1, 0.15) is 29.7 Å². The number of aryl methyl sites for hydroxylation is 1. The third-order valence-electron chi connectivity index (χ3n) is 3.51. The molecule has 2 rings (SSSR count). The van der Waals surface area contributed by atoms with Crippen molar-refractivity contribution in [2.45, 2.75) is 26.4 Å². The fraction of sp³-hybridized carbons (Fsp3) is 0.353. The van der Waals surface area contributed by atoms with Crippen molar-refractivity contribution < 1.29 is 9.90 Å². The molecule has 0 aliphatic carbocycles. The first kappa shape index (κ1) is 15.7. The number of benzene rings is 1. The molecule has 2 unspecified atom stereocenters. The van der Waals surface area contributed by atoms with Crippen LogP contribution in [-0.2, 0) is 11.2 Å². The topological polar surface area (TPSA) is 49.3 Å². The summed E-state index contributed by atoms with van der Waals surface area (Å²) >= 11 is 1.54. The van der Waals surface area contributed by atoms with Crippen LogP contribution in [0.2, 0.25) is 0 Å². The lowest BCUT2D eigenvalue weighted by Gasteiger charge is -2.15. The van der Waals surface area contributed by atoms with Crippen molar-refractivity contribution in [3.63, 3.8) is 0 Å². The average Bonchev–Trinajstić information content (AvgIpc) is 3.01. The van der Waals surface area contributed by atoms with E-state index in [1.54, 1.807) is 0 Å². The summed E-state index contributed by atoms with van der Waals surface area (Å²) in [6.45, 7) is 4.21. The minimum Gasteiger partial charge on any atom is -0.387 e. The van der Waals surface area contributed by atoms with Crippen molar-refractivity contribution in [1.82, 2.24) is 5.32 Å². The molecule has 1 heterocycles. The van der Waals surface area contributed by atoms with Gasteiger partial charge in [0.1, 0.15) is 0 Å². The van der Waals surface area contributed by atoms with E-state index < -0.39 is 6.10 Å². The molecule has 0 bridgehead atoms. The Kier molecular flexibility index (Phi) is 5.53. The number of carbonyl (C=O) groups excluding carboxylic acids is 1. The fourth-order valence-electron chi connectivity index (χ4n) is 2.12. The first-order chi connectivity index (χ1) is 10.1. The van der Waals surface area contributed by atoms with Gasteiger partial charge in [-0.1, -0.05) is 36.8 Å². The van der Waals surface area contributed by atoms with E-state index in [1.165, 1.54) is 16.9 Å². The van der Waals surface area contributed by atoms with Gasteiger partial charge in [-0.2, -0.15) is 11.3 Å². The zero-order valence-electron chi connectivity index (χ0n) is 12.4. The van der Waals surface area contributed by atoms with E-state index in [9.17, 15) is 9.90 Å². The summed E-state index contributed by atoms with van der Waals surface area (Å²) < 4.78 is 0. The smallest absolute Gasteiger partial charge is 0.223 e. The minimum atomic E-state index is -0.633. The Bertz CT molecular complexity index is 563. The molecule has 0 aliphatic heterocycles. The molecule has 1 aromatic carbocycles. The number of carbonyl (C=O) groups is 1. The number of hydrogen-bond donors (Lipinski definition) is 2. The predicted molar refractivity (Wildman–Crippen MR) is 86.3 cm³/mol. The Hall–Kier alpha value is -1.65. The number of nitrogens with one attached hydrogen (secondary N) is 1. The van der Waals surface area contributed by atoms with E-state index >= 15 is 0 Å². The number of amides is 1. The molecule has 21 heavy (non-hydrogen) atoms. The molecule has 0 aliphatic rings. The van der Waals surface area contributed by atoms with Crippen molar-refractivity contribution in [3.05, 3.63) is 57.8 Å². The summed E-state index contributed by atoms with van der Waals surface area (Å²) in [4.78, 5) is 12.1. The van der Waals surface area contributed by atoms with Gasteiger partial charge in [0.2, 0.25) is 5.91 Å². The molecule has 3 nitrogen and oxygen atoms in total. The molecule has 2 aromatic rings. The second-order valence-corrected chi connectivity index (χ2v) is 6.19. The van der Waals surface area contributed by atoms with E-state index in [2.05, 4.69) is 29.6 Å². The Labute approximate surface area is 129 Å². The van der Waals surface area contributed by atoms with Crippen molar-refractivity contribution in [2.24, 2.45) is 5.92 Å². The highest BCUT2D eigenvalue weighted by Gasteiger charge is 2.15. The first-order valence-electron chi connectivity index (χ1n) is 7.09. The predicted octanol–water partition coefficient (Wildman–Crippen LogP) is 3.08. The maximum Gasteiger partial charge on any atom is 0.223 e. The van der Waals surface area contributed by atoms with Gasteiger partial charge in [0.05, 0.1) is 6.10 Å². The van der Waals surface area contributed by atoms with Crippen LogP contribution in [0.4, 0.5) is 0 Å². The summed E-state index contributed by atoms with van der Waals surface area (Å²) in [5, 5.41) is 16.6. The molecule has 0 fully saturated rings. The highest BCUT2D eigenvalue weighted by Crippen LogP contribution is 2.15. The lowest BCUT2D eigenvalue weighted by molar-refractivity contribution is -0.124. The maximum absolute atomic E-state index is 12.1. The number of aliphatic hydroxyl groups excluding tert-OH is 1. The molecule has 1 amide bonds. The summed E-state index contributed by atoms with van der Waals surface area (Å²) in [5.74, 6) is -0.132. The number of hydrogen-bond acceptors (Lipinski definition) is 3. The lowest BCUT2D eigenvalue weighted by Crippen LogP contribution is -2.33. The fourth-order valence-corrected chi connectivity index (χ4v) is 2.83. The Morgan fingerprint density at radius 2 is 2.00 bits per heavy atom. The third kappa shape index (κ3) is 4.69. The van der Waals surface area contributed by atoms with Gasteiger partial charge in [-0.3, -0.25) is 4.79 Å². The van der Waals surface area contributed by atoms with Gasteiger partial charge < -0.3 is 10.4 Å². The molecule has 0 spiro atoms. The van der Waals surface area contributed by atoms with Crippen molar-refractivity contribution in [2.75, 3.05) is 6.54 Å². The average molecular weight is 303 g/mol. The largest absolute Gasteiger partial charge is 0.387 e. The van der Waals surface area contributed by atoms with E-state index in [0.29, 0.717) is 6.42 Å². The van der Waals surface area contributed by atoms with Crippen molar-refractivity contribution in [3.8, 4) is 0 Å². The molecule has 0 saturated heterocycles. The van der Waals surface area contributed by atoms with Crippen molar-refractivity contribution >= 4 is 17.2 Å². The van der Waals surface area contributed by atoms with E-state index in [4.69, 9.17) is 0 Å². The van der Waals surface area contributed by atoms with Gasteiger partial charge in [-0.25, -0.2) is 0 Å². The highest BCUT2D eigenvalue weighted by atomic mass is 32.1. The summed E-state index contributed by atoms with van der Waals surface area (Å²) in [6, 6.07) is 10.1. The van der Waals surface area contributed by atoms with Gasteiger partial charge in [-0.15, -0.1) is 0 Å². The van der Waals surface area contributed by atoms with Crippen LogP contribution in [-0.4, -0.2) is 17.6 Å². The van der Waals surface area contributed by atoms with Gasteiger partial charge in [0.25, 0.3) is 0 Å². The van der Waals surface area contributed by atoms with Crippen LogP contribution in [0.25, 0.3) is 0 Å². The maximum atomic E-state index is 12.1. The van der Waals surface area contributed by atoms with Gasteiger partial charge >= 0.3 is 0 Å². The molecule has 0 radical (unpaired) electrons. The molecule has 0 saturated carbocycles. The number of rotatable bonds is 6. The summed E-state index contributed by atoms with van der Waals surface area (Å²) in [6.07, 6.45) is 0.0764. The molecule has 1 aromatic heterocycles. The molecular weight excluding hydrogens is 282 g/mol. The second kappa shape index (κ2) is 7.38. The first-order valence-corrected chi connectivity index (χ1v) is 8.04. The normalized spacial score (nSPS) is 13.7. The van der Waals surface area contributed by atoms with Crippen LogP contribution >= 0.6 is 11.3 Å². The van der Waals surface area contributed by atoms with Gasteiger partial charge in [-0.05, 0) is 41.3 Å². The SMILES string of the molecule is Cc1ccc(CC(C)C(=O)NCC(O)c2ccsc2)cc1. The molecule has 4 heteroatoms. The standard InChI is InChI=1S/C17H21NO2S/c1-12-3-5-14(6-4-12)9-13(2)17(20)18-10-16(19)15-7-8-21-11-15/h3-8,11,13,16,19H,9-10H2,1-2H3,(H,18,20). The second-order valence-electron chi connectivity index (χ2n) is 5.41. The van der Waals surface area contributed by atoms with Crippen molar-refractivity contribution in [1.29, 1.82) is 0 Å². The summed E-state index contributed by atoms with van der Waals surface area (Å²) in [5.41, 5.74) is 3.22. The van der Waals surface area contributed by atoms with E-state index in [-0.39, 0.29) is 18.4 Å². The Morgan fingerprint density at radius 3 is 2.62 bits per heavy atom. The Morgan fingerprint density at radius 1 is 1.29 bits per heavy atom. The highest BCUT2D eigenvalue weighted by molar-refractivity contribution is 7.07. The minimum absolute atomic E-state index is 0.0233. The lowest BCUT2D eigenvalue weighted by atomic mass is 9.99. The van der Waals surface area contributed by atoms with Crippen LogP contribution in [0.5, 0.6) is 0 Å². The summed E-state index contributed by atoms with van der Waals surface area (Å²) in [7, 11) is 0. The zero-order valence-corrected chi connectivity index (χ0v) is 13.2. The van der Waals surface area contributed by atoms with Crippen LogP contribution < -0.4 is 5.32 Å². The Balaban J connectivity index is 1.81. The quantitative estimate of drug-likeness (QED) is 0.861. The van der Waals surface area contributed by atoms with Crippen LogP contribution in [0.3, 0.4) is 0 Å².